The van der Waals surface area contributed by atoms with Crippen LogP contribution in [0.3, 0.4) is 0 Å². The van der Waals surface area contributed by atoms with Gasteiger partial charge >= 0.3 is 76.5 Å². The number of hydrogen-bond donors (Lipinski definition) is 24. The zero-order valence-corrected chi connectivity index (χ0v) is 24.9. The van der Waals surface area contributed by atoms with E-state index in [9.17, 15) is 0 Å². The Balaban J connectivity index is -0.0000000733. The zero-order chi connectivity index (χ0) is 36.6. The van der Waals surface area contributed by atoms with Crippen molar-refractivity contribution in [1.29, 1.82) is 0 Å². The standard InChI is InChI=1S/C6H12O6.Na.6H3O4P.H/c7-4(8)2-1-3-5(9,10)6(4,11)12;;6*1-5(2,3)4;/h7-12H,1-3H2;;6*(H3,1,2,3,4);. The fourth-order valence-electron chi connectivity index (χ4n) is 1.25. The average molecular weight is 792 g/mol. The summed E-state index contributed by atoms with van der Waals surface area (Å²) in [6.45, 7) is 0. The van der Waals surface area contributed by atoms with Gasteiger partial charge in [0, 0.05) is 12.8 Å². The summed E-state index contributed by atoms with van der Waals surface area (Å²) in [5.74, 6) is -9.07. The van der Waals surface area contributed by atoms with Crippen LogP contribution in [0.25, 0.3) is 0 Å². The Morgan fingerprint density at radius 2 is 0.419 bits per heavy atom. The molecular formula is C6H31NaO30P6. The average Bonchev–Trinajstić information content (AvgIpc) is 2.42. The Morgan fingerprint density at radius 1 is 0.326 bits per heavy atom. The van der Waals surface area contributed by atoms with E-state index in [0.717, 1.165) is 0 Å². The normalized spacial score (nSPS) is 17.0. The van der Waals surface area contributed by atoms with Crippen molar-refractivity contribution in [2.24, 2.45) is 0 Å². The second-order valence-electron chi connectivity index (χ2n) is 6.24. The Kier molecular flexibility index (Phi) is 31.8. The summed E-state index contributed by atoms with van der Waals surface area (Å²) < 4.78 is 53.3. The molecule has 1 saturated carbocycles. The molecule has 0 aromatic rings. The maximum absolute atomic E-state index is 8.99. The van der Waals surface area contributed by atoms with Gasteiger partial charge in [-0.25, -0.2) is 27.4 Å². The van der Waals surface area contributed by atoms with E-state index >= 15 is 0 Å². The van der Waals surface area contributed by atoms with Gasteiger partial charge in [0.15, 0.2) is 0 Å². The van der Waals surface area contributed by atoms with Crippen molar-refractivity contribution in [2.75, 3.05) is 0 Å². The van der Waals surface area contributed by atoms with E-state index in [4.69, 9.17) is 146 Å². The molecule has 0 spiro atoms. The van der Waals surface area contributed by atoms with Crippen molar-refractivity contribution in [2.45, 2.75) is 36.6 Å². The Bertz CT molecular complexity index is 775. The van der Waals surface area contributed by atoms with Gasteiger partial charge in [0.05, 0.1) is 0 Å². The molecule has 30 nitrogen and oxygen atoms in total. The first-order chi connectivity index (χ1) is 17.2. The van der Waals surface area contributed by atoms with Crippen molar-refractivity contribution in [3.05, 3.63) is 0 Å². The van der Waals surface area contributed by atoms with Gasteiger partial charge in [-0.3, -0.25) is 0 Å². The summed E-state index contributed by atoms with van der Waals surface area (Å²) in [6, 6.07) is 0. The van der Waals surface area contributed by atoms with Gasteiger partial charge in [-0.05, 0) is 6.42 Å². The molecule has 43 heavy (non-hydrogen) atoms. The number of rotatable bonds is 0. The third-order valence-electron chi connectivity index (χ3n) is 2.17. The molecule has 0 unspecified atom stereocenters. The van der Waals surface area contributed by atoms with E-state index in [1.165, 1.54) is 0 Å². The molecule has 266 valence electrons. The first-order valence-corrected chi connectivity index (χ1v) is 17.6. The number of phosphoric acid groups is 6. The predicted octanol–water partition coefficient (Wildman–Crippen LogP) is -9.01. The van der Waals surface area contributed by atoms with Crippen LogP contribution in [-0.4, -0.2) is 166 Å². The molecule has 1 fully saturated rings. The molecule has 1 aliphatic carbocycles. The van der Waals surface area contributed by atoms with Gasteiger partial charge in [0.1, 0.15) is 0 Å². The molecule has 1 rings (SSSR count). The first kappa shape index (κ1) is 59.8. The van der Waals surface area contributed by atoms with Crippen LogP contribution in [0.5, 0.6) is 0 Å². The summed E-state index contributed by atoms with van der Waals surface area (Å²) in [7, 11) is -27.8. The maximum atomic E-state index is 8.99. The monoisotopic (exact) mass is 792 g/mol. The van der Waals surface area contributed by atoms with Crippen LogP contribution in [-0.2, 0) is 27.4 Å². The van der Waals surface area contributed by atoms with E-state index in [0.29, 0.717) is 0 Å². The van der Waals surface area contributed by atoms with Gasteiger partial charge in [-0.2, -0.15) is 0 Å². The molecule has 0 aromatic heterocycles. The van der Waals surface area contributed by atoms with Crippen molar-refractivity contribution in [1.82, 2.24) is 0 Å². The predicted molar refractivity (Wildman–Crippen MR) is 128 cm³/mol. The quantitative estimate of drug-likeness (QED) is 0.0615. The molecule has 0 aromatic carbocycles. The van der Waals surface area contributed by atoms with Crippen LogP contribution in [0.2, 0.25) is 0 Å². The molecule has 37 heteroatoms. The third kappa shape index (κ3) is 99.1. The third-order valence-corrected chi connectivity index (χ3v) is 2.17. The number of aliphatic hydroxyl groups is 6. The van der Waals surface area contributed by atoms with Crippen molar-refractivity contribution in [3.8, 4) is 0 Å². The fourth-order valence-corrected chi connectivity index (χ4v) is 1.25. The fraction of sp³-hybridized carbons (Fsp3) is 1.00. The van der Waals surface area contributed by atoms with Crippen LogP contribution in [0.4, 0.5) is 0 Å². The molecule has 0 heterocycles. The van der Waals surface area contributed by atoms with Crippen LogP contribution in [0.15, 0.2) is 0 Å². The van der Waals surface area contributed by atoms with E-state index in [2.05, 4.69) is 0 Å². The van der Waals surface area contributed by atoms with Crippen LogP contribution in [0.1, 0.15) is 19.3 Å². The van der Waals surface area contributed by atoms with Crippen LogP contribution in [0, 0.1) is 0 Å². The molecule has 0 saturated heterocycles. The first-order valence-electron chi connectivity index (χ1n) is 8.24. The topological polar surface area (TPSA) is 588 Å². The summed E-state index contributed by atoms with van der Waals surface area (Å²) in [6.07, 6.45) is -0.547. The van der Waals surface area contributed by atoms with Gasteiger partial charge in [-0.1, -0.05) is 0 Å². The Morgan fingerprint density at radius 3 is 0.488 bits per heavy atom. The van der Waals surface area contributed by atoms with E-state index in [-0.39, 0.29) is 48.8 Å². The minimum absolute atomic E-state index is 0. The van der Waals surface area contributed by atoms with Gasteiger partial charge < -0.3 is 119 Å². The van der Waals surface area contributed by atoms with Crippen LogP contribution >= 0.6 is 46.9 Å². The van der Waals surface area contributed by atoms with Gasteiger partial charge in [0.2, 0.25) is 11.6 Å². The van der Waals surface area contributed by atoms with Crippen molar-refractivity contribution < 1.29 is 146 Å². The summed E-state index contributed by atoms with van der Waals surface area (Å²) in [4.78, 5) is 129. The van der Waals surface area contributed by atoms with E-state index in [1.807, 2.05) is 0 Å². The molecular weight excluding hydrogens is 761 g/mol. The molecule has 0 bridgehead atoms. The Hall–Kier alpha value is 1.42. The molecule has 0 aliphatic heterocycles. The molecule has 0 amide bonds. The number of hydrogen-bond acceptors (Lipinski definition) is 12. The Labute approximate surface area is 258 Å². The molecule has 24 N–H and O–H groups in total. The summed E-state index contributed by atoms with van der Waals surface area (Å²) in [5, 5.41) is 53.9. The summed E-state index contributed by atoms with van der Waals surface area (Å²) in [5.41, 5.74) is 0. The van der Waals surface area contributed by atoms with E-state index < -0.39 is 64.3 Å². The molecule has 1 aliphatic rings. The molecule has 0 radical (unpaired) electrons. The summed E-state index contributed by atoms with van der Waals surface area (Å²) >= 11 is 0. The second-order valence-corrected chi connectivity index (χ2v) is 12.4. The second kappa shape index (κ2) is 22.9. The molecule has 0 atom stereocenters. The zero-order valence-electron chi connectivity index (χ0n) is 19.5. The van der Waals surface area contributed by atoms with Crippen molar-refractivity contribution in [3.63, 3.8) is 0 Å². The van der Waals surface area contributed by atoms with Crippen molar-refractivity contribution >= 4 is 76.5 Å². The SMILES string of the molecule is O=P(O)(O)O.O=P(O)(O)O.O=P(O)(O)O.O=P(O)(O)O.O=P(O)(O)O.O=P(O)(O)O.OC1(O)CCCC(O)(O)C1(O)O.[NaH]. The van der Waals surface area contributed by atoms with Gasteiger partial charge in [-0.15, -0.1) is 0 Å². The van der Waals surface area contributed by atoms with Gasteiger partial charge in [0.25, 0.3) is 5.79 Å². The minimum atomic E-state index is -4.64. The van der Waals surface area contributed by atoms with E-state index in [1.54, 1.807) is 0 Å². The van der Waals surface area contributed by atoms with Crippen LogP contribution < -0.4 is 0 Å².